The van der Waals surface area contributed by atoms with Crippen LogP contribution in [0.2, 0.25) is 0 Å². The van der Waals surface area contributed by atoms with Crippen LogP contribution in [0.4, 0.5) is 0 Å². The number of hydrogen-bond acceptors (Lipinski definition) is 3. The van der Waals surface area contributed by atoms with Gasteiger partial charge in [-0.25, -0.2) is 0 Å². The van der Waals surface area contributed by atoms with Crippen LogP contribution in [-0.4, -0.2) is 23.9 Å². The summed E-state index contributed by atoms with van der Waals surface area (Å²) in [5.41, 5.74) is 0. The fourth-order valence-electron chi connectivity index (χ4n) is 0.903. The van der Waals surface area contributed by atoms with Gasteiger partial charge in [0.2, 0.25) is 0 Å². The van der Waals surface area contributed by atoms with Crippen molar-refractivity contribution in [1.29, 1.82) is 0 Å². The topological polar surface area (TPSA) is 46.5 Å². The number of methoxy groups -OCH3 is 1. The Bertz CT molecular complexity index is 341. The van der Waals surface area contributed by atoms with E-state index in [1.165, 1.54) is 11.8 Å². The minimum absolute atomic E-state index is 0.0345. The third-order valence-electron chi connectivity index (χ3n) is 1.48. The number of rotatable bonds is 4. The third kappa shape index (κ3) is 3.23. The fourth-order valence-corrected chi connectivity index (χ4v) is 2.20. The molecule has 0 saturated heterocycles. The molecular formula is C9H9BrO3S. The quantitative estimate of drug-likeness (QED) is 0.859. The Morgan fingerprint density at radius 2 is 2.36 bits per heavy atom. The summed E-state index contributed by atoms with van der Waals surface area (Å²) < 4.78 is 6.01. The van der Waals surface area contributed by atoms with Gasteiger partial charge in [0.25, 0.3) is 0 Å². The summed E-state index contributed by atoms with van der Waals surface area (Å²) in [5, 5.41) is 8.53. The van der Waals surface area contributed by atoms with E-state index in [1.54, 1.807) is 13.2 Å². The molecule has 0 aliphatic rings. The monoisotopic (exact) mass is 276 g/mol. The van der Waals surface area contributed by atoms with E-state index in [9.17, 15) is 4.79 Å². The predicted molar refractivity (Wildman–Crippen MR) is 59.1 cm³/mol. The highest BCUT2D eigenvalue weighted by atomic mass is 79.9. The molecule has 0 unspecified atom stereocenters. The number of carboxylic acid groups (broad SMARTS) is 1. The second-order valence-corrected chi connectivity index (χ2v) is 4.41. The number of thioether (sulfide) groups is 1. The Hall–Kier alpha value is -0.680. The van der Waals surface area contributed by atoms with Crippen molar-refractivity contribution in [2.75, 3.05) is 12.9 Å². The average molecular weight is 277 g/mol. The zero-order valence-corrected chi connectivity index (χ0v) is 9.89. The highest BCUT2D eigenvalue weighted by Gasteiger charge is 2.06. The molecule has 76 valence electrons. The molecule has 1 N–H and O–H groups in total. The van der Waals surface area contributed by atoms with Crippen LogP contribution >= 0.6 is 27.7 Å². The van der Waals surface area contributed by atoms with Crippen LogP contribution < -0.4 is 4.74 Å². The summed E-state index contributed by atoms with van der Waals surface area (Å²) in [7, 11) is 1.56. The summed E-state index contributed by atoms with van der Waals surface area (Å²) >= 11 is 4.56. The van der Waals surface area contributed by atoms with Crippen molar-refractivity contribution < 1.29 is 14.6 Å². The minimum atomic E-state index is -0.836. The highest BCUT2D eigenvalue weighted by molar-refractivity contribution is 9.10. The van der Waals surface area contributed by atoms with Gasteiger partial charge in [-0.2, -0.15) is 0 Å². The first-order chi connectivity index (χ1) is 6.63. The first-order valence-electron chi connectivity index (χ1n) is 3.81. The normalized spacial score (nSPS) is 9.86. The van der Waals surface area contributed by atoms with Gasteiger partial charge in [-0.3, -0.25) is 4.79 Å². The van der Waals surface area contributed by atoms with Gasteiger partial charge < -0.3 is 9.84 Å². The van der Waals surface area contributed by atoms with Crippen LogP contribution in [0.5, 0.6) is 5.75 Å². The minimum Gasteiger partial charge on any atom is -0.496 e. The van der Waals surface area contributed by atoms with Crippen molar-refractivity contribution in [3.63, 3.8) is 0 Å². The molecule has 0 spiro atoms. The van der Waals surface area contributed by atoms with Gasteiger partial charge in [-0.1, -0.05) is 15.9 Å². The molecule has 0 aliphatic carbocycles. The highest BCUT2D eigenvalue weighted by Crippen LogP contribution is 2.31. The van der Waals surface area contributed by atoms with E-state index in [4.69, 9.17) is 9.84 Å². The van der Waals surface area contributed by atoms with Gasteiger partial charge in [-0.05, 0) is 18.2 Å². The number of carbonyl (C=O) groups is 1. The standard InChI is InChI=1S/C9H9BrO3S/c1-13-7-3-2-6(10)4-8(7)14-5-9(11)12/h2-4H,5H2,1H3,(H,11,12). The molecule has 14 heavy (non-hydrogen) atoms. The molecule has 3 nitrogen and oxygen atoms in total. The second-order valence-electron chi connectivity index (χ2n) is 2.48. The van der Waals surface area contributed by atoms with Crippen LogP contribution in [0.1, 0.15) is 0 Å². The van der Waals surface area contributed by atoms with Gasteiger partial charge in [0, 0.05) is 4.47 Å². The Balaban J connectivity index is 2.82. The van der Waals surface area contributed by atoms with Gasteiger partial charge in [0.05, 0.1) is 17.8 Å². The first kappa shape index (κ1) is 11.4. The molecular weight excluding hydrogens is 268 g/mol. The lowest BCUT2D eigenvalue weighted by Crippen LogP contribution is -1.98. The van der Waals surface area contributed by atoms with Crippen molar-refractivity contribution >= 4 is 33.7 Å². The van der Waals surface area contributed by atoms with E-state index in [0.717, 1.165) is 9.37 Å². The van der Waals surface area contributed by atoms with Gasteiger partial charge in [0.1, 0.15) is 5.75 Å². The van der Waals surface area contributed by atoms with E-state index < -0.39 is 5.97 Å². The van der Waals surface area contributed by atoms with Crippen molar-refractivity contribution in [1.82, 2.24) is 0 Å². The molecule has 0 bridgehead atoms. The molecule has 0 atom stereocenters. The van der Waals surface area contributed by atoms with E-state index >= 15 is 0 Å². The Labute approximate surface area is 94.6 Å². The maximum Gasteiger partial charge on any atom is 0.313 e. The Kier molecular flexibility index (Phi) is 4.28. The molecule has 0 aromatic heterocycles. The molecule has 1 rings (SSSR count). The molecule has 1 aromatic rings. The lowest BCUT2D eigenvalue weighted by Gasteiger charge is -2.06. The average Bonchev–Trinajstić information content (AvgIpc) is 2.15. The fraction of sp³-hybridized carbons (Fsp3) is 0.222. The lowest BCUT2D eigenvalue weighted by atomic mass is 10.3. The summed E-state index contributed by atoms with van der Waals surface area (Å²) in [6.45, 7) is 0. The third-order valence-corrected chi connectivity index (χ3v) is 2.99. The maximum atomic E-state index is 10.4. The number of carboxylic acids is 1. The largest absolute Gasteiger partial charge is 0.496 e. The van der Waals surface area contributed by atoms with Crippen LogP contribution in [-0.2, 0) is 4.79 Å². The van der Waals surface area contributed by atoms with Crippen LogP contribution in [0.15, 0.2) is 27.6 Å². The molecule has 0 amide bonds. The number of halogens is 1. The Morgan fingerprint density at radius 3 is 2.93 bits per heavy atom. The molecule has 5 heteroatoms. The molecule has 0 aliphatic heterocycles. The molecule has 0 fully saturated rings. The molecule has 0 radical (unpaired) electrons. The SMILES string of the molecule is COc1ccc(Br)cc1SCC(=O)O. The van der Waals surface area contributed by atoms with Crippen molar-refractivity contribution in [2.24, 2.45) is 0 Å². The van der Waals surface area contributed by atoms with Crippen molar-refractivity contribution in [3.8, 4) is 5.75 Å². The molecule has 1 aromatic carbocycles. The smallest absolute Gasteiger partial charge is 0.313 e. The number of benzene rings is 1. The van der Waals surface area contributed by atoms with E-state index in [-0.39, 0.29) is 5.75 Å². The van der Waals surface area contributed by atoms with Crippen LogP contribution in [0.25, 0.3) is 0 Å². The number of aliphatic carboxylic acids is 1. The van der Waals surface area contributed by atoms with Gasteiger partial charge >= 0.3 is 5.97 Å². The van der Waals surface area contributed by atoms with Crippen molar-refractivity contribution in [3.05, 3.63) is 22.7 Å². The Morgan fingerprint density at radius 1 is 1.64 bits per heavy atom. The first-order valence-corrected chi connectivity index (χ1v) is 5.59. The number of ether oxygens (including phenoxy) is 1. The zero-order valence-electron chi connectivity index (χ0n) is 7.49. The second kappa shape index (κ2) is 5.26. The van der Waals surface area contributed by atoms with Crippen LogP contribution in [0, 0.1) is 0 Å². The molecule has 0 saturated carbocycles. The number of hydrogen-bond donors (Lipinski definition) is 1. The summed E-state index contributed by atoms with van der Waals surface area (Å²) in [4.78, 5) is 11.2. The van der Waals surface area contributed by atoms with E-state index in [0.29, 0.717) is 5.75 Å². The summed E-state index contributed by atoms with van der Waals surface area (Å²) in [5.74, 6) is -0.108. The lowest BCUT2D eigenvalue weighted by molar-refractivity contribution is -0.133. The van der Waals surface area contributed by atoms with Crippen molar-refractivity contribution in [2.45, 2.75) is 4.90 Å². The predicted octanol–water partition coefficient (Wildman–Crippen LogP) is 2.63. The van der Waals surface area contributed by atoms with Gasteiger partial charge in [-0.15, -0.1) is 11.8 Å². The summed E-state index contributed by atoms with van der Waals surface area (Å²) in [6.07, 6.45) is 0. The zero-order chi connectivity index (χ0) is 10.6. The maximum absolute atomic E-state index is 10.4. The van der Waals surface area contributed by atoms with Gasteiger partial charge in [0.15, 0.2) is 0 Å². The van der Waals surface area contributed by atoms with E-state index in [1.807, 2.05) is 12.1 Å². The van der Waals surface area contributed by atoms with Crippen LogP contribution in [0.3, 0.4) is 0 Å². The van der Waals surface area contributed by atoms with E-state index in [2.05, 4.69) is 15.9 Å². The molecule has 0 heterocycles. The summed E-state index contributed by atoms with van der Waals surface area (Å²) in [6, 6.07) is 5.49.